The summed E-state index contributed by atoms with van der Waals surface area (Å²) in [6.45, 7) is 16.9. The van der Waals surface area contributed by atoms with Crippen molar-refractivity contribution in [2.75, 3.05) is 25.4 Å². The van der Waals surface area contributed by atoms with Crippen LogP contribution in [-0.2, 0) is 0 Å². The summed E-state index contributed by atoms with van der Waals surface area (Å²) < 4.78 is 0. The van der Waals surface area contributed by atoms with Crippen LogP contribution in [0.4, 0.5) is 0 Å². The zero-order valence-corrected chi connectivity index (χ0v) is 17.2. The smallest absolute Gasteiger partial charge is 0.0108 e. The number of benzene rings is 1. The van der Waals surface area contributed by atoms with E-state index < -0.39 is 0 Å². The van der Waals surface area contributed by atoms with Gasteiger partial charge in [-0.2, -0.15) is 0 Å². The lowest BCUT2D eigenvalue weighted by Crippen LogP contribution is -2.38. The summed E-state index contributed by atoms with van der Waals surface area (Å²) in [4.78, 5) is 4.01. The Morgan fingerprint density at radius 3 is 1.96 bits per heavy atom. The predicted octanol–water partition coefficient (Wildman–Crippen LogP) is 6.73. The van der Waals surface area contributed by atoms with Gasteiger partial charge in [-0.1, -0.05) is 72.6 Å². The Labute approximate surface area is 150 Å². The van der Waals surface area contributed by atoms with Gasteiger partial charge in [0.25, 0.3) is 0 Å². The average molecular weight is 338 g/mol. The van der Waals surface area contributed by atoms with Gasteiger partial charge in [0, 0.05) is 17.2 Å². The summed E-state index contributed by atoms with van der Waals surface area (Å²) in [5.41, 5.74) is 0.572. The third kappa shape index (κ3) is 11.7. The van der Waals surface area contributed by atoms with Crippen LogP contribution in [0.5, 0.6) is 0 Å². The van der Waals surface area contributed by atoms with Crippen molar-refractivity contribution in [3.63, 3.8) is 0 Å². The molecule has 1 aliphatic rings. The maximum Gasteiger partial charge on any atom is 0.0108 e. The number of hydrogen-bond acceptors (Lipinski definition) is 2. The van der Waals surface area contributed by atoms with E-state index in [0.717, 1.165) is 0 Å². The third-order valence-corrected chi connectivity index (χ3v) is 5.12. The molecule has 23 heavy (non-hydrogen) atoms. The second-order valence-electron chi connectivity index (χ2n) is 6.67. The molecule has 0 spiro atoms. The number of rotatable bonds is 5. The van der Waals surface area contributed by atoms with Gasteiger partial charge in [-0.05, 0) is 43.5 Å². The molecular weight excluding hydrogens is 298 g/mol. The summed E-state index contributed by atoms with van der Waals surface area (Å²) >= 11 is 1.97. The van der Waals surface area contributed by atoms with Gasteiger partial charge >= 0.3 is 0 Å². The highest BCUT2D eigenvalue weighted by Gasteiger charge is 2.24. The standard InChI is InChI=1S/C15H23NS.C4H10.C2H6/c1-15(2)8-10-16(11-9-15)12-13-17-14-6-4-3-5-7-14;1-3-4-2;1-2/h3-7H,8-13H2,1-2H3;3-4H2,1-2H3;1-2H3. The molecule has 0 aromatic heterocycles. The Morgan fingerprint density at radius 2 is 1.48 bits per heavy atom. The second-order valence-corrected chi connectivity index (χ2v) is 7.84. The molecular formula is C21H39NS. The minimum Gasteiger partial charge on any atom is -0.302 e. The van der Waals surface area contributed by atoms with Crippen molar-refractivity contribution >= 4 is 11.8 Å². The fraction of sp³-hybridized carbons (Fsp3) is 0.714. The van der Waals surface area contributed by atoms with Crippen molar-refractivity contribution < 1.29 is 0 Å². The van der Waals surface area contributed by atoms with E-state index in [1.165, 1.54) is 56.0 Å². The van der Waals surface area contributed by atoms with Crippen molar-refractivity contribution in [1.29, 1.82) is 0 Å². The minimum absolute atomic E-state index is 0.572. The molecule has 2 heteroatoms. The Hall–Kier alpha value is -0.470. The van der Waals surface area contributed by atoms with E-state index in [1.807, 2.05) is 25.6 Å². The van der Waals surface area contributed by atoms with Crippen molar-refractivity contribution in [3.05, 3.63) is 30.3 Å². The highest BCUT2D eigenvalue weighted by atomic mass is 32.2. The molecule has 2 rings (SSSR count). The fourth-order valence-electron chi connectivity index (χ4n) is 2.19. The molecule has 0 saturated carbocycles. The minimum atomic E-state index is 0.572. The summed E-state index contributed by atoms with van der Waals surface area (Å²) in [7, 11) is 0. The molecule has 0 amide bonds. The quantitative estimate of drug-likeness (QED) is 0.548. The summed E-state index contributed by atoms with van der Waals surface area (Å²) in [6, 6.07) is 10.7. The van der Waals surface area contributed by atoms with Crippen LogP contribution in [0.15, 0.2) is 35.2 Å². The van der Waals surface area contributed by atoms with Gasteiger partial charge in [-0.15, -0.1) is 11.8 Å². The molecule has 0 unspecified atom stereocenters. The van der Waals surface area contributed by atoms with E-state index in [-0.39, 0.29) is 0 Å². The summed E-state index contributed by atoms with van der Waals surface area (Å²) in [5, 5.41) is 0. The fourth-order valence-corrected chi connectivity index (χ4v) is 3.13. The predicted molar refractivity (Wildman–Crippen MR) is 109 cm³/mol. The number of piperidine rings is 1. The van der Waals surface area contributed by atoms with Gasteiger partial charge in [0.15, 0.2) is 0 Å². The molecule has 0 N–H and O–H groups in total. The Morgan fingerprint density at radius 1 is 0.957 bits per heavy atom. The molecule has 1 nitrogen and oxygen atoms in total. The van der Waals surface area contributed by atoms with Crippen molar-refractivity contribution in [2.45, 2.75) is 72.1 Å². The number of likely N-dealkylation sites (tertiary alicyclic amines) is 1. The van der Waals surface area contributed by atoms with Gasteiger partial charge < -0.3 is 4.90 Å². The highest BCUT2D eigenvalue weighted by molar-refractivity contribution is 7.99. The zero-order valence-electron chi connectivity index (χ0n) is 16.4. The van der Waals surface area contributed by atoms with E-state index >= 15 is 0 Å². The van der Waals surface area contributed by atoms with Crippen LogP contribution in [0, 0.1) is 5.41 Å². The van der Waals surface area contributed by atoms with Gasteiger partial charge in [-0.25, -0.2) is 0 Å². The number of thioether (sulfide) groups is 1. The molecule has 1 aromatic rings. The van der Waals surface area contributed by atoms with Crippen LogP contribution in [0.3, 0.4) is 0 Å². The van der Waals surface area contributed by atoms with Crippen LogP contribution >= 0.6 is 11.8 Å². The van der Waals surface area contributed by atoms with Gasteiger partial charge in [-0.3, -0.25) is 0 Å². The molecule has 0 aliphatic carbocycles. The maximum atomic E-state index is 2.61. The van der Waals surface area contributed by atoms with Crippen LogP contribution in [0.1, 0.15) is 67.2 Å². The van der Waals surface area contributed by atoms with E-state index in [0.29, 0.717) is 5.41 Å². The molecule has 0 bridgehead atoms. The molecule has 1 fully saturated rings. The lowest BCUT2D eigenvalue weighted by Gasteiger charge is -2.36. The number of nitrogens with zero attached hydrogens (tertiary/aromatic N) is 1. The van der Waals surface area contributed by atoms with Crippen LogP contribution < -0.4 is 0 Å². The van der Waals surface area contributed by atoms with E-state index in [1.54, 1.807) is 0 Å². The van der Waals surface area contributed by atoms with Crippen molar-refractivity contribution in [2.24, 2.45) is 5.41 Å². The lowest BCUT2D eigenvalue weighted by molar-refractivity contribution is 0.139. The summed E-state index contributed by atoms with van der Waals surface area (Å²) in [6.07, 6.45) is 5.34. The van der Waals surface area contributed by atoms with Gasteiger partial charge in [0.1, 0.15) is 0 Å². The average Bonchev–Trinajstić information content (AvgIpc) is 2.59. The summed E-state index contributed by atoms with van der Waals surface area (Å²) in [5.74, 6) is 1.21. The normalized spacial score (nSPS) is 16.6. The maximum absolute atomic E-state index is 2.61. The first-order valence-electron chi connectivity index (χ1n) is 9.47. The molecule has 0 atom stereocenters. The van der Waals surface area contributed by atoms with Crippen molar-refractivity contribution in [3.8, 4) is 0 Å². The monoisotopic (exact) mass is 337 g/mol. The topological polar surface area (TPSA) is 3.24 Å². The Balaban J connectivity index is 0.000000705. The molecule has 134 valence electrons. The number of hydrogen-bond donors (Lipinski definition) is 0. The lowest BCUT2D eigenvalue weighted by atomic mass is 9.83. The van der Waals surface area contributed by atoms with Crippen LogP contribution in [0.25, 0.3) is 0 Å². The van der Waals surface area contributed by atoms with Crippen molar-refractivity contribution in [1.82, 2.24) is 4.90 Å². The third-order valence-electron chi connectivity index (χ3n) is 4.13. The largest absolute Gasteiger partial charge is 0.302 e. The van der Waals surface area contributed by atoms with E-state index in [4.69, 9.17) is 0 Å². The first-order valence-corrected chi connectivity index (χ1v) is 10.5. The first kappa shape index (κ1) is 22.5. The SMILES string of the molecule is CC.CC1(C)CCN(CCSc2ccccc2)CC1.CCCC. The first-order chi connectivity index (χ1) is 11.1. The second kappa shape index (κ2) is 13.9. The zero-order chi connectivity index (χ0) is 17.6. The molecule has 1 aromatic carbocycles. The van der Waals surface area contributed by atoms with Crippen LogP contribution in [-0.4, -0.2) is 30.3 Å². The van der Waals surface area contributed by atoms with E-state index in [9.17, 15) is 0 Å². The molecule has 1 saturated heterocycles. The van der Waals surface area contributed by atoms with E-state index in [2.05, 4.69) is 62.9 Å². The van der Waals surface area contributed by atoms with Gasteiger partial charge in [0.2, 0.25) is 0 Å². The highest BCUT2D eigenvalue weighted by Crippen LogP contribution is 2.29. The molecule has 1 aliphatic heterocycles. The number of unbranched alkanes of at least 4 members (excludes halogenated alkanes) is 1. The van der Waals surface area contributed by atoms with Crippen LogP contribution in [0.2, 0.25) is 0 Å². The molecule has 1 heterocycles. The Bertz CT molecular complexity index is 349. The van der Waals surface area contributed by atoms with Gasteiger partial charge in [0.05, 0.1) is 0 Å². The molecule has 0 radical (unpaired) electrons. The Kier molecular flexibility index (Phi) is 13.6.